The van der Waals surface area contributed by atoms with Gasteiger partial charge in [-0.1, -0.05) is 29.8 Å². The van der Waals surface area contributed by atoms with Gasteiger partial charge in [-0.25, -0.2) is 4.98 Å². The SMILES string of the molecule is Clc1cnc(CNc2cnc3ccccc3c2)s1. The highest BCUT2D eigenvalue weighted by Gasteiger charge is 2.01. The van der Waals surface area contributed by atoms with Gasteiger partial charge in [-0.15, -0.1) is 11.3 Å². The smallest absolute Gasteiger partial charge is 0.113 e. The van der Waals surface area contributed by atoms with Crippen molar-refractivity contribution in [3.8, 4) is 0 Å². The summed E-state index contributed by atoms with van der Waals surface area (Å²) < 4.78 is 0.712. The van der Waals surface area contributed by atoms with Crippen molar-refractivity contribution in [3.63, 3.8) is 0 Å². The van der Waals surface area contributed by atoms with Gasteiger partial charge in [0.15, 0.2) is 0 Å². The number of rotatable bonds is 3. The molecule has 0 radical (unpaired) electrons. The van der Waals surface area contributed by atoms with Crippen LogP contribution in [0.2, 0.25) is 4.34 Å². The van der Waals surface area contributed by atoms with Crippen molar-refractivity contribution in [3.05, 3.63) is 52.1 Å². The largest absolute Gasteiger partial charge is 0.377 e. The second kappa shape index (κ2) is 4.92. The second-order valence-electron chi connectivity index (χ2n) is 3.83. The van der Waals surface area contributed by atoms with Gasteiger partial charge in [0.05, 0.1) is 30.1 Å². The van der Waals surface area contributed by atoms with Gasteiger partial charge in [-0.3, -0.25) is 4.98 Å². The van der Waals surface area contributed by atoms with E-state index < -0.39 is 0 Å². The molecule has 1 N–H and O–H groups in total. The summed E-state index contributed by atoms with van der Waals surface area (Å²) in [4.78, 5) is 8.59. The molecular formula is C13H10ClN3S. The van der Waals surface area contributed by atoms with Crippen molar-refractivity contribution < 1.29 is 0 Å². The lowest BCUT2D eigenvalue weighted by Gasteiger charge is -2.05. The first kappa shape index (κ1) is 11.4. The third-order valence-corrected chi connectivity index (χ3v) is 3.67. The van der Waals surface area contributed by atoms with E-state index in [1.54, 1.807) is 6.20 Å². The number of pyridine rings is 1. The van der Waals surface area contributed by atoms with E-state index in [0.29, 0.717) is 10.9 Å². The van der Waals surface area contributed by atoms with E-state index in [4.69, 9.17) is 11.6 Å². The van der Waals surface area contributed by atoms with Crippen LogP contribution in [0.4, 0.5) is 5.69 Å². The number of hydrogen-bond acceptors (Lipinski definition) is 4. The Bertz CT molecular complexity index is 681. The Kier molecular flexibility index (Phi) is 3.13. The second-order valence-corrected chi connectivity index (χ2v) is 5.57. The summed E-state index contributed by atoms with van der Waals surface area (Å²) in [5, 5.41) is 5.38. The first-order valence-corrected chi connectivity index (χ1v) is 6.69. The fourth-order valence-corrected chi connectivity index (χ4v) is 2.61. The topological polar surface area (TPSA) is 37.8 Å². The van der Waals surface area contributed by atoms with Crippen LogP contribution in [0.25, 0.3) is 10.9 Å². The third kappa shape index (κ3) is 2.44. The first-order chi connectivity index (χ1) is 8.81. The Labute approximate surface area is 113 Å². The lowest BCUT2D eigenvalue weighted by Crippen LogP contribution is -1.99. The standard InChI is InChI=1S/C13H10ClN3S/c14-12-7-17-13(18-12)8-15-10-5-9-3-1-2-4-11(9)16-6-10/h1-7,15H,8H2. The molecule has 0 fully saturated rings. The molecular weight excluding hydrogens is 266 g/mol. The molecule has 0 atom stereocenters. The quantitative estimate of drug-likeness (QED) is 0.786. The van der Waals surface area contributed by atoms with Crippen LogP contribution >= 0.6 is 22.9 Å². The molecule has 0 aliphatic heterocycles. The van der Waals surface area contributed by atoms with Crippen molar-refractivity contribution in [2.45, 2.75) is 6.54 Å². The molecule has 5 heteroatoms. The molecule has 0 amide bonds. The van der Waals surface area contributed by atoms with Crippen LogP contribution in [-0.2, 0) is 6.54 Å². The molecule has 0 bridgehead atoms. The number of anilines is 1. The van der Waals surface area contributed by atoms with Crippen molar-refractivity contribution in [2.24, 2.45) is 0 Å². The maximum atomic E-state index is 5.84. The number of thiazole rings is 1. The van der Waals surface area contributed by atoms with Gasteiger partial charge >= 0.3 is 0 Å². The molecule has 90 valence electrons. The molecule has 2 heterocycles. The van der Waals surface area contributed by atoms with Gasteiger partial charge in [-0.05, 0) is 12.1 Å². The van der Waals surface area contributed by atoms with Gasteiger partial charge in [-0.2, -0.15) is 0 Å². The van der Waals surface area contributed by atoms with Gasteiger partial charge in [0, 0.05) is 5.39 Å². The summed E-state index contributed by atoms with van der Waals surface area (Å²) in [6.07, 6.45) is 3.50. The highest BCUT2D eigenvalue weighted by Crippen LogP contribution is 2.20. The summed E-state index contributed by atoms with van der Waals surface area (Å²) in [5.41, 5.74) is 1.99. The summed E-state index contributed by atoms with van der Waals surface area (Å²) in [5.74, 6) is 0. The predicted molar refractivity (Wildman–Crippen MR) is 76.2 cm³/mol. The minimum atomic E-state index is 0.664. The van der Waals surface area contributed by atoms with E-state index in [1.165, 1.54) is 11.3 Å². The van der Waals surface area contributed by atoms with Crippen LogP contribution in [0.5, 0.6) is 0 Å². The minimum absolute atomic E-state index is 0.664. The van der Waals surface area contributed by atoms with Crippen LogP contribution in [0.1, 0.15) is 5.01 Å². The summed E-state index contributed by atoms with van der Waals surface area (Å²) in [7, 11) is 0. The zero-order valence-electron chi connectivity index (χ0n) is 9.43. The number of hydrogen-bond donors (Lipinski definition) is 1. The molecule has 0 unspecified atom stereocenters. The zero-order valence-corrected chi connectivity index (χ0v) is 11.0. The highest BCUT2D eigenvalue weighted by molar-refractivity contribution is 7.15. The summed E-state index contributed by atoms with van der Waals surface area (Å²) in [6.45, 7) is 0.664. The van der Waals surface area contributed by atoms with E-state index in [0.717, 1.165) is 21.6 Å². The Morgan fingerprint density at radius 1 is 1.17 bits per heavy atom. The van der Waals surface area contributed by atoms with Crippen molar-refractivity contribution in [2.75, 3.05) is 5.32 Å². The fraction of sp³-hybridized carbons (Fsp3) is 0.0769. The van der Waals surface area contributed by atoms with Crippen LogP contribution < -0.4 is 5.32 Å². The predicted octanol–water partition coefficient (Wildman–Crippen LogP) is 3.96. The number of fused-ring (bicyclic) bond motifs is 1. The van der Waals surface area contributed by atoms with Crippen LogP contribution in [0, 0.1) is 0 Å². The Morgan fingerprint density at radius 2 is 2.06 bits per heavy atom. The molecule has 2 aromatic heterocycles. The molecule has 1 aromatic carbocycles. The number of nitrogens with one attached hydrogen (secondary N) is 1. The minimum Gasteiger partial charge on any atom is -0.377 e. The van der Waals surface area contributed by atoms with Gasteiger partial charge < -0.3 is 5.32 Å². The average Bonchev–Trinajstić information content (AvgIpc) is 2.82. The Balaban J connectivity index is 1.78. The molecule has 18 heavy (non-hydrogen) atoms. The molecule has 3 rings (SSSR count). The summed E-state index contributed by atoms with van der Waals surface area (Å²) in [6, 6.07) is 10.1. The van der Waals surface area contributed by atoms with Gasteiger partial charge in [0.2, 0.25) is 0 Å². The first-order valence-electron chi connectivity index (χ1n) is 5.50. The molecule has 3 aromatic rings. The van der Waals surface area contributed by atoms with E-state index in [1.807, 2.05) is 30.5 Å². The van der Waals surface area contributed by atoms with E-state index >= 15 is 0 Å². The Hall–Kier alpha value is -1.65. The van der Waals surface area contributed by atoms with Crippen molar-refractivity contribution in [1.82, 2.24) is 9.97 Å². The molecule has 0 saturated heterocycles. The molecule has 0 spiro atoms. The van der Waals surface area contributed by atoms with Gasteiger partial charge in [0.25, 0.3) is 0 Å². The van der Waals surface area contributed by atoms with Crippen LogP contribution in [0.15, 0.2) is 42.7 Å². The van der Waals surface area contributed by atoms with E-state index in [-0.39, 0.29) is 0 Å². The van der Waals surface area contributed by atoms with Crippen molar-refractivity contribution in [1.29, 1.82) is 0 Å². The van der Waals surface area contributed by atoms with Crippen LogP contribution in [0.3, 0.4) is 0 Å². The summed E-state index contributed by atoms with van der Waals surface area (Å²) >= 11 is 7.32. The monoisotopic (exact) mass is 275 g/mol. The zero-order chi connectivity index (χ0) is 12.4. The Morgan fingerprint density at radius 3 is 2.89 bits per heavy atom. The highest BCUT2D eigenvalue weighted by atomic mass is 35.5. The number of halogens is 1. The maximum Gasteiger partial charge on any atom is 0.113 e. The molecule has 3 nitrogen and oxygen atoms in total. The van der Waals surface area contributed by atoms with E-state index in [2.05, 4.69) is 21.4 Å². The third-order valence-electron chi connectivity index (χ3n) is 2.56. The fourth-order valence-electron chi connectivity index (χ4n) is 1.72. The normalized spacial score (nSPS) is 10.7. The van der Waals surface area contributed by atoms with E-state index in [9.17, 15) is 0 Å². The maximum absolute atomic E-state index is 5.84. The lowest BCUT2D eigenvalue weighted by atomic mass is 10.2. The average molecular weight is 276 g/mol. The van der Waals surface area contributed by atoms with Crippen LogP contribution in [-0.4, -0.2) is 9.97 Å². The number of nitrogens with zero attached hydrogens (tertiary/aromatic N) is 2. The number of aromatic nitrogens is 2. The number of para-hydroxylation sites is 1. The molecule has 0 saturated carbocycles. The van der Waals surface area contributed by atoms with Gasteiger partial charge in [0.1, 0.15) is 9.34 Å². The molecule has 0 aliphatic rings. The molecule has 0 aliphatic carbocycles. The lowest BCUT2D eigenvalue weighted by molar-refractivity contribution is 1.10. The van der Waals surface area contributed by atoms with Crippen molar-refractivity contribution >= 4 is 39.5 Å². The number of benzene rings is 1.